The van der Waals surface area contributed by atoms with Gasteiger partial charge in [0.1, 0.15) is 0 Å². The molecule has 3 rings (SSSR count). The quantitative estimate of drug-likeness (QED) is 0.895. The first-order valence-corrected chi connectivity index (χ1v) is 7.83. The highest BCUT2D eigenvalue weighted by Crippen LogP contribution is 2.38. The van der Waals surface area contributed by atoms with Crippen molar-refractivity contribution in [2.24, 2.45) is 5.92 Å². The molecule has 1 aliphatic heterocycles. The van der Waals surface area contributed by atoms with Crippen LogP contribution in [-0.4, -0.2) is 11.2 Å². The van der Waals surface area contributed by atoms with Crippen molar-refractivity contribution in [1.82, 2.24) is 5.32 Å². The lowest BCUT2D eigenvalue weighted by atomic mass is 9.78. The van der Waals surface area contributed by atoms with Crippen LogP contribution >= 0.6 is 0 Å². The average Bonchev–Trinajstić information content (AvgIpc) is 2.55. The summed E-state index contributed by atoms with van der Waals surface area (Å²) in [5.41, 5.74) is 2.52. The SMILES string of the molecule is CC[C@H]1[C@@H](c2ccccc2)N[C@H](c2ccccc2)C[C@@H]1O. The molecule has 0 bridgehead atoms. The van der Waals surface area contributed by atoms with E-state index in [0.717, 1.165) is 12.8 Å². The highest BCUT2D eigenvalue weighted by atomic mass is 16.3. The molecule has 4 atom stereocenters. The van der Waals surface area contributed by atoms with Crippen LogP contribution in [0.3, 0.4) is 0 Å². The molecular weight excluding hydrogens is 258 g/mol. The summed E-state index contributed by atoms with van der Waals surface area (Å²) in [5.74, 6) is 0.271. The van der Waals surface area contributed by atoms with Gasteiger partial charge in [0, 0.05) is 18.0 Å². The average molecular weight is 281 g/mol. The molecule has 0 saturated carbocycles. The van der Waals surface area contributed by atoms with Crippen LogP contribution in [0.5, 0.6) is 0 Å². The molecule has 2 nitrogen and oxygen atoms in total. The zero-order chi connectivity index (χ0) is 14.7. The second-order valence-corrected chi connectivity index (χ2v) is 5.89. The second kappa shape index (κ2) is 6.42. The maximum Gasteiger partial charge on any atom is 0.0604 e. The molecule has 2 aromatic carbocycles. The van der Waals surface area contributed by atoms with Gasteiger partial charge >= 0.3 is 0 Å². The number of aliphatic hydroxyl groups is 1. The minimum absolute atomic E-state index is 0.213. The van der Waals surface area contributed by atoms with Crippen molar-refractivity contribution in [3.05, 3.63) is 71.8 Å². The minimum Gasteiger partial charge on any atom is -0.393 e. The van der Waals surface area contributed by atoms with Gasteiger partial charge in [-0.3, -0.25) is 0 Å². The highest BCUT2D eigenvalue weighted by Gasteiger charge is 2.36. The van der Waals surface area contributed by atoms with Gasteiger partial charge in [0.2, 0.25) is 0 Å². The van der Waals surface area contributed by atoms with Crippen LogP contribution in [0, 0.1) is 5.92 Å². The molecule has 1 heterocycles. The normalized spacial score (nSPS) is 29.2. The van der Waals surface area contributed by atoms with E-state index in [1.54, 1.807) is 0 Å². The Hall–Kier alpha value is -1.64. The van der Waals surface area contributed by atoms with E-state index >= 15 is 0 Å². The number of aliphatic hydroxyl groups excluding tert-OH is 1. The number of piperidine rings is 1. The minimum atomic E-state index is -0.258. The van der Waals surface area contributed by atoms with Gasteiger partial charge < -0.3 is 10.4 Å². The Bertz CT molecular complexity index is 554. The molecule has 21 heavy (non-hydrogen) atoms. The van der Waals surface area contributed by atoms with Crippen molar-refractivity contribution in [3.63, 3.8) is 0 Å². The van der Waals surface area contributed by atoms with Crippen molar-refractivity contribution in [3.8, 4) is 0 Å². The number of rotatable bonds is 3. The van der Waals surface area contributed by atoms with E-state index in [1.165, 1.54) is 11.1 Å². The van der Waals surface area contributed by atoms with Gasteiger partial charge in [0.05, 0.1) is 6.10 Å². The van der Waals surface area contributed by atoms with E-state index in [2.05, 4.69) is 60.8 Å². The molecule has 110 valence electrons. The van der Waals surface area contributed by atoms with Crippen molar-refractivity contribution in [1.29, 1.82) is 0 Å². The highest BCUT2D eigenvalue weighted by molar-refractivity contribution is 5.25. The fourth-order valence-corrected chi connectivity index (χ4v) is 3.48. The molecule has 1 fully saturated rings. The lowest BCUT2D eigenvalue weighted by molar-refractivity contribution is 0.0290. The number of hydrogen-bond acceptors (Lipinski definition) is 2. The fourth-order valence-electron chi connectivity index (χ4n) is 3.48. The molecule has 1 aliphatic rings. The maximum atomic E-state index is 10.6. The van der Waals surface area contributed by atoms with Gasteiger partial charge in [-0.25, -0.2) is 0 Å². The lowest BCUT2D eigenvalue weighted by Crippen LogP contribution is -2.44. The summed E-state index contributed by atoms with van der Waals surface area (Å²) in [6, 6.07) is 21.4. The molecule has 2 N–H and O–H groups in total. The van der Waals surface area contributed by atoms with Crippen LogP contribution in [0.4, 0.5) is 0 Å². The van der Waals surface area contributed by atoms with Crippen LogP contribution in [0.25, 0.3) is 0 Å². The Morgan fingerprint density at radius 3 is 2.10 bits per heavy atom. The van der Waals surface area contributed by atoms with Crippen molar-refractivity contribution < 1.29 is 5.11 Å². The molecule has 0 aliphatic carbocycles. The summed E-state index contributed by atoms with van der Waals surface area (Å²) in [6.45, 7) is 2.16. The number of hydrogen-bond donors (Lipinski definition) is 2. The van der Waals surface area contributed by atoms with Crippen molar-refractivity contribution in [2.45, 2.75) is 38.0 Å². The van der Waals surface area contributed by atoms with E-state index in [1.807, 2.05) is 12.1 Å². The van der Waals surface area contributed by atoms with E-state index < -0.39 is 0 Å². The zero-order valence-corrected chi connectivity index (χ0v) is 12.4. The third kappa shape index (κ3) is 3.02. The smallest absolute Gasteiger partial charge is 0.0604 e. The first-order valence-electron chi connectivity index (χ1n) is 7.83. The molecule has 2 heteroatoms. The Labute approximate surface area is 126 Å². The monoisotopic (exact) mass is 281 g/mol. The summed E-state index contributed by atoms with van der Waals surface area (Å²) in [5, 5.41) is 14.3. The Morgan fingerprint density at radius 1 is 0.952 bits per heavy atom. The second-order valence-electron chi connectivity index (χ2n) is 5.89. The fraction of sp³-hybridized carbons (Fsp3) is 0.368. The summed E-state index contributed by atoms with van der Waals surface area (Å²) >= 11 is 0. The molecule has 0 spiro atoms. The summed E-state index contributed by atoms with van der Waals surface area (Å²) in [6.07, 6.45) is 1.51. The van der Waals surface area contributed by atoms with E-state index in [4.69, 9.17) is 0 Å². The van der Waals surface area contributed by atoms with Gasteiger partial charge in [0.15, 0.2) is 0 Å². The molecular formula is C19H23NO. The third-order valence-corrected chi connectivity index (χ3v) is 4.61. The Morgan fingerprint density at radius 2 is 1.52 bits per heavy atom. The van der Waals surface area contributed by atoms with E-state index in [-0.39, 0.29) is 24.1 Å². The molecule has 0 radical (unpaired) electrons. The third-order valence-electron chi connectivity index (χ3n) is 4.61. The van der Waals surface area contributed by atoms with Gasteiger partial charge in [-0.1, -0.05) is 67.6 Å². The predicted octanol–water partition coefficient (Wildman–Crippen LogP) is 3.85. The molecule has 0 unspecified atom stereocenters. The maximum absolute atomic E-state index is 10.6. The topological polar surface area (TPSA) is 32.3 Å². The largest absolute Gasteiger partial charge is 0.393 e. The molecule has 0 amide bonds. The van der Waals surface area contributed by atoms with Crippen LogP contribution < -0.4 is 5.32 Å². The Balaban J connectivity index is 1.89. The first kappa shape index (κ1) is 14.3. The van der Waals surface area contributed by atoms with Crippen LogP contribution in [0.2, 0.25) is 0 Å². The predicted molar refractivity (Wildman–Crippen MR) is 85.9 cm³/mol. The van der Waals surface area contributed by atoms with Gasteiger partial charge in [-0.2, -0.15) is 0 Å². The van der Waals surface area contributed by atoms with Gasteiger partial charge in [-0.15, -0.1) is 0 Å². The van der Waals surface area contributed by atoms with Crippen molar-refractivity contribution in [2.75, 3.05) is 0 Å². The van der Waals surface area contributed by atoms with Crippen LogP contribution in [0.1, 0.15) is 43.0 Å². The summed E-state index contributed by atoms with van der Waals surface area (Å²) < 4.78 is 0. The molecule has 1 saturated heterocycles. The van der Waals surface area contributed by atoms with Crippen molar-refractivity contribution >= 4 is 0 Å². The van der Waals surface area contributed by atoms with Gasteiger partial charge in [0.25, 0.3) is 0 Å². The number of benzene rings is 2. The van der Waals surface area contributed by atoms with E-state index in [0.29, 0.717) is 0 Å². The lowest BCUT2D eigenvalue weighted by Gasteiger charge is -2.41. The van der Waals surface area contributed by atoms with Gasteiger partial charge in [-0.05, 0) is 24.0 Å². The van der Waals surface area contributed by atoms with E-state index in [9.17, 15) is 5.11 Å². The molecule has 0 aromatic heterocycles. The summed E-state index contributed by atoms with van der Waals surface area (Å²) in [7, 11) is 0. The first-order chi connectivity index (χ1) is 10.3. The standard InChI is InChI=1S/C19H23NO/c1-2-16-18(21)13-17(14-9-5-3-6-10-14)20-19(16)15-11-7-4-8-12-15/h3-12,16-21H,2,13H2,1H3/t16-,17+,18+,19-/m1/s1. The summed E-state index contributed by atoms with van der Waals surface area (Å²) in [4.78, 5) is 0. The molecule has 2 aromatic rings. The van der Waals surface area contributed by atoms with Crippen LogP contribution in [-0.2, 0) is 0 Å². The Kier molecular flexibility index (Phi) is 4.37. The zero-order valence-electron chi connectivity index (χ0n) is 12.4. The van der Waals surface area contributed by atoms with Crippen LogP contribution in [0.15, 0.2) is 60.7 Å². The number of nitrogens with one attached hydrogen (secondary N) is 1.